The van der Waals surface area contributed by atoms with Crippen LogP contribution in [0.25, 0.3) is 0 Å². The zero-order valence-electron chi connectivity index (χ0n) is 15.2. The molecule has 0 aromatic heterocycles. The predicted octanol–water partition coefficient (Wildman–Crippen LogP) is 4.02. The van der Waals surface area contributed by atoms with Gasteiger partial charge in [-0.15, -0.1) is 0 Å². The van der Waals surface area contributed by atoms with Crippen LogP contribution >= 0.6 is 0 Å². The number of nitrogens with one attached hydrogen (secondary N) is 2. The normalized spacial score (nSPS) is 10.9. The Kier molecular flexibility index (Phi) is 7.55. The summed E-state index contributed by atoms with van der Waals surface area (Å²) in [6, 6.07) is 16.9. The first-order chi connectivity index (χ1) is 12.5. The molecule has 2 amide bonds. The monoisotopic (exact) mass is 351 g/mol. The van der Waals surface area contributed by atoms with Crippen LogP contribution in [0.5, 0.6) is 0 Å². The lowest BCUT2D eigenvalue weighted by Crippen LogP contribution is -2.18. The van der Waals surface area contributed by atoms with E-state index in [-0.39, 0.29) is 11.8 Å². The van der Waals surface area contributed by atoms with Crippen LogP contribution in [0.3, 0.4) is 0 Å². The maximum absolute atomic E-state index is 12.0. The molecular formula is C21H25N3O2. The molecular weight excluding hydrogens is 326 g/mol. The molecule has 2 aromatic carbocycles. The lowest BCUT2D eigenvalue weighted by atomic mass is 10.1. The Bertz CT molecular complexity index is 738. The van der Waals surface area contributed by atoms with Crippen LogP contribution in [0.1, 0.15) is 42.6 Å². The summed E-state index contributed by atoms with van der Waals surface area (Å²) < 4.78 is 0. The lowest BCUT2D eigenvalue weighted by Gasteiger charge is -2.07. The van der Waals surface area contributed by atoms with Crippen LogP contribution in [0.15, 0.2) is 59.7 Å². The third-order valence-corrected chi connectivity index (χ3v) is 3.69. The number of hydrazone groups is 1. The summed E-state index contributed by atoms with van der Waals surface area (Å²) in [4.78, 5) is 23.8. The first kappa shape index (κ1) is 19.4. The summed E-state index contributed by atoms with van der Waals surface area (Å²) in [5.41, 5.74) is 4.92. The number of hydrogen-bond acceptors (Lipinski definition) is 3. The Morgan fingerprint density at radius 1 is 1.04 bits per heavy atom. The number of hydrogen-bond donors (Lipinski definition) is 2. The van der Waals surface area contributed by atoms with Crippen LogP contribution in [0.2, 0.25) is 0 Å². The highest BCUT2D eigenvalue weighted by Gasteiger charge is 2.07. The molecule has 2 rings (SSSR count). The quantitative estimate of drug-likeness (QED) is 0.557. The van der Waals surface area contributed by atoms with Crippen molar-refractivity contribution in [2.45, 2.75) is 33.1 Å². The van der Waals surface area contributed by atoms with E-state index in [4.69, 9.17) is 0 Å². The number of nitrogens with zero attached hydrogens (tertiary/aromatic N) is 1. The van der Waals surface area contributed by atoms with Crippen LogP contribution in [-0.4, -0.2) is 18.0 Å². The van der Waals surface area contributed by atoms with E-state index in [1.54, 1.807) is 30.5 Å². The number of aryl methyl sites for hydroxylation is 1. The van der Waals surface area contributed by atoms with E-state index < -0.39 is 0 Å². The molecule has 0 saturated carbocycles. The smallest absolute Gasteiger partial charge is 0.271 e. The molecule has 26 heavy (non-hydrogen) atoms. The minimum absolute atomic E-state index is 0.0276. The largest absolute Gasteiger partial charge is 0.326 e. The molecule has 2 N–H and O–H groups in total. The second-order valence-corrected chi connectivity index (χ2v) is 6.50. The van der Waals surface area contributed by atoms with Gasteiger partial charge < -0.3 is 5.32 Å². The standard InChI is InChI=1S/C21H25N3O2/c1-16(2)15-20(25)23-19-12-10-18(11-13-19)21(26)24-22-14-6-9-17-7-4-3-5-8-17/h3-5,7-8,10-14,16H,6,9,15H2,1-2H3,(H,23,25)(H,24,26)/b22-14+. The van der Waals surface area contributed by atoms with E-state index in [0.29, 0.717) is 23.6 Å². The zero-order valence-corrected chi connectivity index (χ0v) is 15.2. The van der Waals surface area contributed by atoms with Gasteiger partial charge in [-0.05, 0) is 48.6 Å². The van der Waals surface area contributed by atoms with Crippen molar-refractivity contribution in [3.63, 3.8) is 0 Å². The number of amides is 2. The molecule has 5 nitrogen and oxygen atoms in total. The van der Waals surface area contributed by atoms with Crippen molar-refractivity contribution in [1.29, 1.82) is 0 Å². The Morgan fingerprint density at radius 2 is 1.73 bits per heavy atom. The van der Waals surface area contributed by atoms with E-state index in [2.05, 4.69) is 28.0 Å². The molecule has 0 spiro atoms. The number of rotatable bonds is 8. The van der Waals surface area contributed by atoms with E-state index >= 15 is 0 Å². The third kappa shape index (κ3) is 6.89. The molecule has 0 bridgehead atoms. The number of anilines is 1. The Morgan fingerprint density at radius 3 is 2.38 bits per heavy atom. The topological polar surface area (TPSA) is 70.6 Å². The second-order valence-electron chi connectivity index (χ2n) is 6.50. The van der Waals surface area contributed by atoms with E-state index in [1.165, 1.54) is 5.56 Å². The van der Waals surface area contributed by atoms with Gasteiger partial charge in [-0.3, -0.25) is 9.59 Å². The zero-order chi connectivity index (χ0) is 18.8. The Balaban J connectivity index is 1.76. The molecule has 0 aliphatic heterocycles. The van der Waals surface area contributed by atoms with E-state index in [1.807, 2.05) is 32.0 Å². The highest BCUT2D eigenvalue weighted by molar-refractivity contribution is 5.95. The summed E-state index contributed by atoms with van der Waals surface area (Å²) >= 11 is 0. The highest BCUT2D eigenvalue weighted by atomic mass is 16.2. The summed E-state index contributed by atoms with van der Waals surface area (Å²) in [6.45, 7) is 3.99. The van der Waals surface area contributed by atoms with Crippen molar-refractivity contribution in [3.05, 3.63) is 65.7 Å². The van der Waals surface area contributed by atoms with Crippen LogP contribution in [0.4, 0.5) is 5.69 Å². The van der Waals surface area contributed by atoms with Crippen LogP contribution < -0.4 is 10.7 Å². The summed E-state index contributed by atoms with van der Waals surface area (Å²) in [7, 11) is 0. The molecule has 0 fully saturated rings. The average Bonchev–Trinajstić information content (AvgIpc) is 2.62. The van der Waals surface area contributed by atoms with Crippen molar-refractivity contribution >= 4 is 23.7 Å². The molecule has 2 aromatic rings. The average molecular weight is 351 g/mol. The van der Waals surface area contributed by atoms with Gasteiger partial charge in [0.05, 0.1) is 0 Å². The summed E-state index contributed by atoms with van der Waals surface area (Å²) in [5.74, 6) is 0.000962. The van der Waals surface area contributed by atoms with E-state index in [9.17, 15) is 9.59 Å². The number of benzene rings is 2. The Labute approximate surface area is 154 Å². The van der Waals surface area contributed by atoms with Gasteiger partial charge in [0.15, 0.2) is 0 Å². The third-order valence-electron chi connectivity index (χ3n) is 3.69. The first-order valence-electron chi connectivity index (χ1n) is 8.80. The van der Waals surface area contributed by atoms with Crippen molar-refractivity contribution in [1.82, 2.24) is 5.43 Å². The van der Waals surface area contributed by atoms with Gasteiger partial charge in [0.25, 0.3) is 5.91 Å². The van der Waals surface area contributed by atoms with Crippen molar-refractivity contribution in [2.24, 2.45) is 11.0 Å². The van der Waals surface area contributed by atoms with Crippen LogP contribution in [-0.2, 0) is 11.2 Å². The lowest BCUT2D eigenvalue weighted by molar-refractivity contribution is -0.116. The molecule has 0 atom stereocenters. The maximum Gasteiger partial charge on any atom is 0.271 e. The fraction of sp³-hybridized carbons (Fsp3) is 0.286. The fourth-order valence-electron chi connectivity index (χ4n) is 2.40. The molecule has 0 aliphatic carbocycles. The molecule has 0 heterocycles. The van der Waals surface area contributed by atoms with Gasteiger partial charge in [-0.25, -0.2) is 5.43 Å². The molecule has 0 aliphatic rings. The van der Waals surface area contributed by atoms with Crippen LogP contribution in [0, 0.1) is 5.92 Å². The van der Waals surface area contributed by atoms with Gasteiger partial charge in [0.2, 0.25) is 5.91 Å². The van der Waals surface area contributed by atoms with Gasteiger partial charge in [-0.1, -0.05) is 44.2 Å². The van der Waals surface area contributed by atoms with Crippen molar-refractivity contribution in [3.8, 4) is 0 Å². The highest BCUT2D eigenvalue weighted by Crippen LogP contribution is 2.11. The molecule has 5 heteroatoms. The molecule has 0 unspecified atom stereocenters. The molecule has 0 saturated heterocycles. The maximum atomic E-state index is 12.0. The van der Waals surface area contributed by atoms with Crippen molar-refractivity contribution < 1.29 is 9.59 Å². The van der Waals surface area contributed by atoms with Gasteiger partial charge in [-0.2, -0.15) is 5.10 Å². The molecule has 0 radical (unpaired) electrons. The SMILES string of the molecule is CC(C)CC(=O)Nc1ccc(C(=O)N/N=C/CCc2ccccc2)cc1. The fourth-order valence-corrected chi connectivity index (χ4v) is 2.40. The number of carbonyl (C=O) groups excluding carboxylic acids is 2. The summed E-state index contributed by atoms with van der Waals surface area (Å²) in [5, 5.41) is 6.79. The second kappa shape index (κ2) is 10.1. The molecule has 136 valence electrons. The van der Waals surface area contributed by atoms with E-state index in [0.717, 1.165) is 12.8 Å². The Hall–Kier alpha value is -2.95. The minimum atomic E-state index is -0.277. The van der Waals surface area contributed by atoms with Gasteiger partial charge in [0.1, 0.15) is 0 Å². The first-order valence-corrected chi connectivity index (χ1v) is 8.80. The number of carbonyl (C=O) groups is 2. The van der Waals surface area contributed by atoms with Gasteiger partial charge in [0, 0.05) is 23.9 Å². The van der Waals surface area contributed by atoms with Crippen molar-refractivity contribution in [2.75, 3.05) is 5.32 Å². The minimum Gasteiger partial charge on any atom is -0.326 e. The summed E-state index contributed by atoms with van der Waals surface area (Å²) in [6.07, 6.45) is 3.81. The van der Waals surface area contributed by atoms with Gasteiger partial charge >= 0.3 is 0 Å². The predicted molar refractivity (Wildman–Crippen MR) is 105 cm³/mol.